The molecule has 98 valence electrons. The minimum Gasteiger partial charge on any atom is -0.196 e. The van der Waals surface area contributed by atoms with Gasteiger partial charge in [-0.15, -0.1) is 0 Å². The topological polar surface area (TPSA) is 0 Å². The van der Waals surface area contributed by atoms with Crippen molar-refractivity contribution in [3.05, 3.63) is 55.7 Å². The first kappa shape index (κ1) is 13.0. The van der Waals surface area contributed by atoms with Gasteiger partial charge in [-0.05, 0) is 71.2 Å². The summed E-state index contributed by atoms with van der Waals surface area (Å²) >= 11 is 2.03. The van der Waals surface area contributed by atoms with E-state index in [1.807, 2.05) is 60.7 Å². The third-order valence-corrected chi connectivity index (χ3v) is 5.38. The van der Waals surface area contributed by atoms with Gasteiger partial charge in [0, 0.05) is 14.7 Å². The van der Waals surface area contributed by atoms with E-state index in [4.69, 9.17) is 0 Å². The molecule has 1 aliphatic carbocycles. The number of hydrogen-bond donors (Lipinski definition) is 0. The quantitative estimate of drug-likeness (QED) is 0.550. The minimum atomic E-state index is -2.89. The van der Waals surface area contributed by atoms with Crippen molar-refractivity contribution >= 4 is 22.6 Å². The Hall–Kier alpha value is -0.970. The molecule has 0 saturated carbocycles. The van der Waals surface area contributed by atoms with E-state index < -0.39 is 5.92 Å². The van der Waals surface area contributed by atoms with Crippen LogP contribution in [0, 0.1) is 24.3 Å². The van der Waals surface area contributed by atoms with Gasteiger partial charge < -0.3 is 0 Å². The first-order valence-electron chi connectivity index (χ1n) is 6.14. The molecule has 0 radical (unpaired) electrons. The van der Waals surface area contributed by atoms with E-state index >= 15 is 0 Å². The summed E-state index contributed by atoms with van der Waals surface area (Å²) in [4.78, 5) is 0. The third kappa shape index (κ3) is 1.60. The number of rotatable bonds is 0. The Kier molecular flexibility index (Phi) is 2.75. The SMILES string of the molecule is Cc1ccc2c(c1C)C(F)(F)c1c-2ccc(C)c1I. The molecule has 0 spiro atoms. The number of fused-ring (bicyclic) bond motifs is 3. The fourth-order valence-electron chi connectivity index (χ4n) is 2.78. The number of hydrogen-bond acceptors (Lipinski definition) is 0. The molecule has 0 aromatic heterocycles. The van der Waals surface area contributed by atoms with Crippen molar-refractivity contribution in [2.24, 2.45) is 0 Å². The molecule has 1 aliphatic rings. The van der Waals surface area contributed by atoms with Gasteiger partial charge in [0.05, 0.1) is 0 Å². The van der Waals surface area contributed by atoms with Gasteiger partial charge in [-0.2, -0.15) is 8.78 Å². The third-order valence-electron chi connectivity index (χ3n) is 3.99. The molecule has 0 bridgehead atoms. The number of aryl methyl sites for hydroxylation is 2. The van der Waals surface area contributed by atoms with Gasteiger partial charge in [-0.25, -0.2) is 0 Å². The molecule has 2 aromatic rings. The Morgan fingerprint density at radius 2 is 1.37 bits per heavy atom. The fraction of sp³-hybridized carbons (Fsp3) is 0.250. The molecule has 2 aromatic carbocycles. The summed E-state index contributed by atoms with van der Waals surface area (Å²) in [7, 11) is 0. The molecule has 0 saturated heterocycles. The van der Waals surface area contributed by atoms with Crippen molar-refractivity contribution in [3.8, 4) is 11.1 Å². The van der Waals surface area contributed by atoms with Crippen LogP contribution in [-0.4, -0.2) is 0 Å². The van der Waals surface area contributed by atoms with Crippen molar-refractivity contribution in [2.45, 2.75) is 26.7 Å². The van der Waals surface area contributed by atoms with Crippen LogP contribution in [0.3, 0.4) is 0 Å². The highest BCUT2D eigenvalue weighted by atomic mass is 127. The second-order valence-corrected chi connectivity index (χ2v) is 6.20. The van der Waals surface area contributed by atoms with Crippen LogP contribution in [0.1, 0.15) is 27.8 Å². The predicted molar refractivity (Wildman–Crippen MR) is 81.8 cm³/mol. The summed E-state index contributed by atoms with van der Waals surface area (Å²) in [5.41, 5.74) is 4.24. The average Bonchev–Trinajstić information content (AvgIpc) is 2.58. The Morgan fingerprint density at radius 1 is 0.842 bits per heavy atom. The van der Waals surface area contributed by atoms with E-state index in [2.05, 4.69) is 0 Å². The second-order valence-electron chi connectivity index (χ2n) is 5.12. The van der Waals surface area contributed by atoms with E-state index in [0.717, 1.165) is 11.1 Å². The number of halogens is 3. The Morgan fingerprint density at radius 3 is 2.00 bits per heavy atom. The van der Waals surface area contributed by atoms with E-state index in [-0.39, 0.29) is 11.1 Å². The zero-order valence-corrected chi connectivity index (χ0v) is 13.1. The highest BCUT2D eigenvalue weighted by Crippen LogP contribution is 2.54. The molecule has 0 atom stereocenters. The molecule has 0 fully saturated rings. The molecule has 0 heterocycles. The van der Waals surface area contributed by atoms with Crippen molar-refractivity contribution < 1.29 is 8.78 Å². The zero-order valence-electron chi connectivity index (χ0n) is 10.9. The Balaban J connectivity index is 2.46. The van der Waals surface area contributed by atoms with Crippen LogP contribution in [0.4, 0.5) is 8.78 Å². The molecule has 0 N–H and O–H groups in total. The maximum Gasteiger partial charge on any atom is 0.300 e. The van der Waals surface area contributed by atoms with Crippen LogP contribution in [0.5, 0.6) is 0 Å². The number of alkyl halides is 2. The van der Waals surface area contributed by atoms with Gasteiger partial charge in [0.25, 0.3) is 0 Å². The van der Waals surface area contributed by atoms with Gasteiger partial charge in [0.15, 0.2) is 0 Å². The summed E-state index contributed by atoms with van der Waals surface area (Å²) < 4.78 is 30.3. The predicted octanol–water partition coefficient (Wildman–Crippen LogP) is 5.34. The van der Waals surface area contributed by atoms with Crippen molar-refractivity contribution in [1.82, 2.24) is 0 Å². The summed E-state index contributed by atoms with van der Waals surface area (Å²) in [6.45, 7) is 5.54. The van der Waals surface area contributed by atoms with Crippen LogP contribution < -0.4 is 0 Å². The van der Waals surface area contributed by atoms with E-state index in [1.165, 1.54) is 0 Å². The van der Waals surface area contributed by atoms with Gasteiger partial charge in [0.1, 0.15) is 0 Å². The lowest BCUT2D eigenvalue weighted by Crippen LogP contribution is -2.15. The average molecular weight is 370 g/mol. The minimum absolute atomic E-state index is 0.178. The second kappa shape index (κ2) is 4.01. The zero-order chi connectivity index (χ0) is 13.9. The maximum atomic E-state index is 14.8. The van der Waals surface area contributed by atoms with Crippen LogP contribution in [0.2, 0.25) is 0 Å². The first-order valence-corrected chi connectivity index (χ1v) is 7.22. The molecule has 19 heavy (non-hydrogen) atoms. The smallest absolute Gasteiger partial charge is 0.196 e. The summed E-state index contributed by atoms with van der Waals surface area (Å²) in [5.74, 6) is -2.89. The largest absolute Gasteiger partial charge is 0.300 e. The van der Waals surface area contributed by atoms with E-state index in [9.17, 15) is 8.78 Å². The summed E-state index contributed by atoms with van der Waals surface area (Å²) in [6, 6.07) is 7.48. The number of benzene rings is 2. The Labute approximate surface area is 125 Å². The van der Waals surface area contributed by atoms with E-state index in [0.29, 0.717) is 20.3 Å². The van der Waals surface area contributed by atoms with Crippen molar-refractivity contribution in [2.75, 3.05) is 0 Å². The summed E-state index contributed by atoms with van der Waals surface area (Å²) in [6.07, 6.45) is 0. The molecule has 3 heteroatoms. The first-order chi connectivity index (χ1) is 8.85. The molecular formula is C16H13F2I. The lowest BCUT2D eigenvalue weighted by molar-refractivity contribution is 0.0463. The van der Waals surface area contributed by atoms with Crippen LogP contribution in [-0.2, 0) is 5.92 Å². The van der Waals surface area contributed by atoms with Crippen LogP contribution >= 0.6 is 22.6 Å². The van der Waals surface area contributed by atoms with Crippen LogP contribution in [0.15, 0.2) is 24.3 Å². The van der Waals surface area contributed by atoms with E-state index in [1.54, 1.807) is 6.92 Å². The standard InChI is InChI=1S/C16H13F2I/c1-8-4-6-11-12-7-5-9(2)15(19)14(12)16(17,18)13(11)10(8)3/h4-7H,1-3H3. The highest BCUT2D eigenvalue weighted by molar-refractivity contribution is 14.1. The molecule has 0 nitrogen and oxygen atoms in total. The van der Waals surface area contributed by atoms with Gasteiger partial charge in [-0.1, -0.05) is 24.3 Å². The molecular weight excluding hydrogens is 357 g/mol. The monoisotopic (exact) mass is 370 g/mol. The van der Waals surface area contributed by atoms with Gasteiger partial charge >= 0.3 is 5.92 Å². The molecule has 0 amide bonds. The molecule has 3 rings (SSSR count). The lowest BCUT2D eigenvalue weighted by atomic mass is 9.97. The van der Waals surface area contributed by atoms with Crippen molar-refractivity contribution in [3.63, 3.8) is 0 Å². The lowest BCUT2D eigenvalue weighted by Gasteiger charge is -2.17. The molecule has 0 aliphatic heterocycles. The van der Waals surface area contributed by atoms with Crippen LogP contribution in [0.25, 0.3) is 11.1 Å². The van der Waals surface area contributed by atoms with Gasteiger partial charge in [0.2, 0.25) is 0 Å². The van der Waals surface area contributed by atoms with Gasteiger partial charge in [-0.3, -0.25) is 0 Å². The maximum absolute atomic E-state index is 14.8. The van der Waals surface area contributed by atoms with Crippen molar-refractivity contribution in [1.29, 1.82) is 0 Å². The molecule has 0 unspecified atom stereocenters. The fourth-order valence-corrected chi connectivity index (χ4v) is 3.59. The normalized spacial score (nSPS) is 15.3. The highest BCUT2D eigenvalue weighted by Gasteiger charge is 2.47. The summed E-state index contributed by atoms with van der Waals surface area (Å²) in [5, 5.41) is 0. The Bertz CT molecular complexity index is 643.